The molecular formula is C65H88F6N18O19. The van der Waals surface area contributed by atoms with Gasteiger partial charge in [-0.1, -0.05) is 44.2 Å². The molecule has 0 aliphatic carbocycles. The number of rotatable bonds is 31. The summed E-state index contributed by atoms with van der Waals surface area (Å²) >= 11 is 0. The number of imidazole rings is 1. The number of hydrogen-bond donors (Lipinski definition) is 19. The number of urea groups is 1. The number of aromatic hydroxyl groups is 1. The van der Waals surface area contributed by atoms with Gasteiger partial charge >= 0.3 is 30.3 Å². The van der Waals surface area contributed by atoms with Crippen molar-refractivity contribution in [1.82, 2.24) is 78.6 Å². The molecule has 2 saturated heterocycles. The number of alkyl halides is 6. The van der Waals surface area contributed by atoms with Gasteiger partial charge in [-0.15, -0.1) is 0 Å². The molecule has 0 radical (unpaired) electrons. The van der Waals surface area contributed by atoms with Gasteiger partial charge in [-0.2, -0.15) is 26.3 Å². The summed E-state index contributed by atoms with van der Waals surface area (Å²) in [5.74, 6) is -14.7. The third-order valence-electron chi connectivity index (χ3n) is 15.6. The van der Waals surface area contributed by atoms with E-state index in [1.807, 2.05) is 5.43 Å². The largest absolute Gasteiger partial charge is 0.508 e. The van der Waals surface area contributed by atoms with Crippen molar-refractivity contribution in [2.75, 3.05) is 26.3 Å². The number of carbonyl (C=O) groups excluding carboxylic acids is 12. The zero-order valence-electron chi connectivity index (χ0n) is 59.2. The van der Waals surface area contributed by atoms with Crippen LogP contribution in [0.3, 0.4) is 0 Å². The van der Waals surface area contributed by atoms with E-state index in [-0.39, 0.29) is 94.4 Å². The molecule has 2 fully saturated rings. The number of aliphatic carboxylic acids is 2. The summed E-state index contributed by atoms with van der Waals surface area (Å²) < 4.78 is 69.5. The summed E-state index contributed by atoms with van der Waals surface area (Å²) in [4.78, 5) is 197. The number of para-hydroxylation sites is 1. The van der Waals surface area contributed by atoms with Gasteiger partial charge < -0.3 is 94.0 Å². The van der Waals surface area contributed by atoms with Crippen molar-refractivity contribution in [3.05, 3.63) is 84.1 Å². The van der Waals surface area contributed by atoms with E-state index in [1.54, 1.807) is 65.1 Å². The molecule has 21 N–H and O–H groups in total. The smallest absolute Gasteiger partial charge is 0.490 e. The quantitative estimate of drug-likeness (QED) is 0.00881. The average Bonchev–Trinajstić information content (AvgIpc) is 1.63. The molecule has 0 saturated carbocycles. The summed E-state index contributed by atoms with van der Waals surface area (Å²) in [5.41, 5.74) is 16.3. The topological polar surface area (TPSA) is 574 Å². The number of benzene rings is 2. The Labute approximate surface area is 611 Å². The molecule has 43 heteroatoms. The van der Waals surface area contributed by atoms with E-state index in [9.17, 15) is 94.1 Å². The Morgan fingerprint density at radius 2 is 1.22 bits per heavy atom. The van der Waals surface area contributed by atoms with E-state index in [1.165, 1.54) is 48.6 Å². The number of H-pyrrole nitrogens is 2. The highest BCUT2D eigenvalue weighted by molar-refractivity contribution is 6.00. The number of guanidine groups is 1. The predicted molar refractivity (Wildman–Crippen MR) is 366 cm³/mol. The number of ether oxygens (including phenoxy) is 1. The number of aromatic nitrogens is 3. The minimum Gasteiger partial charge on any atom is -0.508 e. The second-order valence-corrected chi connectivity index (χ2v) is 25.9. The predicted octanol–water partition coefficient (Wildman–Crippen LogP) is -1.66. The summed E-state index contributed by atoms with van der Waals surface area (Å²) in [5, 5.41) is 59.3. The molecule has 2 aliphatic rings. The number of nitrogens with two attached hydrogens (primary N) is 2. The highest BCUT2D eigenvalue weighted by atomic mass is 19.4. The number of aliphatic hydroxyl groups excluding tert-OH is 1. The first-order valence-corrected chi connectivity index (χ1v) is 33.3. The molecule has 2 aliphatic heterocycles. The SMILES string of the molecule is CC(=O)NC(N)=NCCC[C@H](NC(=O)[C@H](CC(C)C)NC(=O)[C@@H](COC(C)(C)C)NC(=O)[C@H](Cc1ccc(O)cc1)NC(=O)[C@H](CO)NC(=O)[C@H](Cc1c[nH]c2ccccc12)NC(=O)[C@H](Cc1cnc[nH]1)NC(=O)[C@@H]1CCC(=O)N1)C(=O)N1CCC[C@H]1C(=O)NNC(N)=O.O=C(O)C(F)(F)F.O=C(O)C(F)(F)F. The standard InChI is InChI=1S/C61H86N18O15.2C2HF3O2/c1-32(2)23-42(51(85)70-41(13-9-21-65-59(62)68-33(3)81)58(92)79-22-10-14-48(79)57(91)77-78-60(63)93)71-56(90)47(30-94-61(4,5)6)76-52(86)43(24-34-15-17-37(82)18-16-34)72-55(89)46(29-80)75-53(87)44(25-35-27-66-39-12-8-7-11-38(35)39)73-54(88)45(26-36-28-64-31-67-36)74-50(84)40-19-20-49(83)69-40;2*3-2(4,5)1(6)7/h7-8,11-12,15-18,27-28,31-32,40-48,66,80,82H,9-10,13-14,19-26,29-30H2,1-6H3,(H,64,67)(H,69,83)(H,70,85)(H,71,90)(H,72,89)(H,73,88)(H,74,84)(H,75,87)(H,76,86)(H,77,91)(H3,63,78,93)(H3,62,65,68,81);2*(H,6,7)/t40-,41-,42-,43-,44-,45-,46-,47+,48-;;/m0../s1. The van der Waals surface area contributed by atoms with Crippen LogP contribution in [0.15, 0.2) is 72.2 Å². The number of nitrogens with one attached hydrogen (secondary N) is 13. The van der Waals surface area contributed by atoms with E-state index in [0.717, 1.165) is 0 Å². The molecule has 0 spiro atoms. The number of likely N-dealkylation sites (tertiary alicyclic amines) is 1. The lowest BCUT2D eigenvalue weighted by molar-refractivity contribution is -0.193. The van der Waals surface area contributed by atoms with Crippen LogP contribution in [0.5, 0.6) is 5.75 Å². The van der Waals surface area contributed by atoms with Crippen LogP contribution in [0.25, 0.3) is 10.9 Å². The lowest BCUT2D eigenvalue weighted by Crippen LogP contribution is -2.62. The lowest BCUT2D eigenvalue weighted by Gasteiger charge is -2.31. The molecule has 0 unspecified atom stereocenters. The van der Waals surface area contributed by atoms with Gasteiger partial charge in [0.1, 0.15) is 60.1 Å². The van der Waals surface area contributed by atoms with E-state index in [0.29, 0.717) is 34.1 Å². The molecule has 6 rings (SSSR count). The van der Waals surface area contributed by atoms with Crippen LogP contribution in [-0.4, -0.2) is 228 Å². The highest BCUT2D eigenvalue weighted by Gasteiger charge is 2.42. The fourth-order valence-electron chi connectivity index (χ4n) is 10.4. The molecule has 4 aromatic rings. The van der Waals surface area contributed by atoms with Crippen molar-refractivity contribution in [3.8, 4) is 5.75 Å². The molecule has 594 valence electrons. The van der Waals surface area contributed by atoms with Crippen LogP contribution >= 0.6 is 0 Å². The Balaban J connectivity index is 0.00000160. The zero-order chi connectivity index (χ0) is 81.0. The fourth-order valence-corrected chi connectivity index (χ4v) is 10.4. The van der Waals surface area contributed by atoms with Gasteiger partial charge in [0, 0.05) is 74.7 Å². The van der Waals surface area contributed by atoms with Crippen molar-refractivity contribution in [3.63, 3.8) is 0 Å². The van der Waals surface area contributed by atoms with Crippen molar-refractivity contribution in [2.24, 2.45) is 22.4 Å². The number of phenolic OH excluding ortho intramolecular Hbond substituents is 1. The Hall–Kier alpha value is -11.7. The van der Waals surface area contributed by atoms with Gasteiger partial charge in [0.25, 0.3) is 5.91 Å². The number of fused-ring (bicyclic) bond motifs is 1. The zero-order valence-corrected chi connectivity index (χ0v) is 59.2. The van der Waals surface area contributed by atoms with Crippen LogP contribution in [0.1, 0.15) is 103 Å². The van der Waals surface area contributed by atoms with Gasteiger partial charge in [0.2, 0.25) is 59.1 Å². The number of aliphatic hydroxyl groups is 1. The summed E-state index contributed by atoms with van der Waals surface area (Å²) in [7, 11) is 0. The number of amides is 13. The third-order valence-corrected chi connectivity index (χ3v) is 15.6. The maximum absolute atomic E-state index is 14.8. The first-order chi connectivity index (χ1) is 50.5. The van der Waals surface area contributed by atoms with Gasteiger partial charge in [-0.3, -0.25) is 68.5 Å². The van der Waals surface area contributed by atoms with Gasteiger partial charge in [0.15, 0.2) is 5.96 Å². The first kappa shape index (κ1) is 88.7. The lowest BCUT2D eigenvalue weighted by atomic mass is 10.0. The molecular weight excluding hydrogens is 1450 g/mol. The van der Waals surface area contributed by atoms with Crippen molar-refractivity contribution in [2.45, 2.75) is 178 Å². The third kappa shape index (κ3) is 30.4. The number of carboxylic acids is 2. The molecule has 2 aromatic heterocycles. The second kappa shape index (κ2) is 41.3. The van der Waals surface area contributed by atoms with Crippen molar-refractivity contribution >= 4 is 99.8 Å². The van der Waals surface area contributed by atoms with Gasteiger partial charge in [0.05, 0.1) is 25.1 Å². The number of halogens is 6. The molecule has 0 bridgehead atoms. The fraction of sp³-hybridized carbons (Fsp3) is 0.508. The van der Waals surface area contributed by atoms with Crippen LogP contribution in [-0.2, 0) is 86.3 Å². The number of hydrogen-bond acceptors (Lipinski definition) is 19. The van der Waals surface area contributed by atoms with E-state index < -0.39 is 163 Å². The molecule has 13 amide bonds. The Morgan fingerprint density at radius 1 is 0.685 bits per heavy atom. The number of carbonyl (C=O) groups is 14. The maximum Gasteiger partial charge on any atom is 0.490 e. The van der Waals surface area contributed by atoms with E-state index in [2.05, 4.69) is 73.2 Å². The molecule has 108 heavy (non-hydrogen) atoms. The number of phenols is 1. The summed E-state index contributed by atoms with van der Waals surface area (Å²) in [6.07, 6.45) is -5.50. The second-order valence-electron chi connectivity index (χ2n) is 25.9. The Kier molecular flexibility index (Phi) is 33.9. The number of primary amides is 1. The molecule has 37 nitrogen and oxygen atoms in total. The monoisotopic (exact) mass is 1540 g/mol. The summed E-state index contributed by atoms with van der Waals surface area (Å²) in [6, 6.07) is -0.952. The average molecular weight is 1540 g/mol. The Bertz CT molecular complexity index is 3810. The number of hydrazine groups is 1. The normalized spacial score (nSPS) is 16.3. The van der Waals surface area contributed by atoms with Crippen molar-refractivity contribution in [1.29, 1.82) is 0 Å². The van der Waals surface area contributed by atoms with Crippen LogP contribution in [0, 0.1) is 5.92 Å². The van der Waals surface area contributed by atoms with Crippen LogP contribution in [0.2, 0.25) is 0 Å². The number of aliphatic imine (C=N–C) groups is 1. The minimum absolute atomic E-state index is 0.0152. The number of carboxylic acid groups (broad SMARTS) is 2. The number of nitrogens with zero attached hydrogens (tertiary/aromatic N) is 3. The molecule has 2 aromatic carbocycles. The van der Waals surface area contributed by atoms with Gasteiger partial charge in [-0.25, -0.2) is 24.8 Å². The van der Waals surface area contributed by atoms with Crippen molar-refractivity contribution < 1.29 is 119 Å². The van der Waals surface area contributed by atoms with E-state index in [4.69, 9.17) is 36.0 Å². The number of aromatic amines is 2. The molecule has 4 heterocycles. The van der Waals surface area contributed by atoms with Crippen LogP contribution in [0.4, 0.5) is 31.1 Å². The molecule has 9 atom stereocenters. The van der Waals surface area contributed by atoms with Gasteiger partial charge in [-0.05, 0) is 94.5 Å². The minimum atomic E-state index is -5.08. The summed E-state index contributed by atoms with van der Waals surface area (Å²) in [6.45, 7) is 8.33. The van der Waals surface area contributed by atoms with E-state index >= 15 is 0 Å². The highest BCUT2D eigenvalue weighted by Crippen LogP contribution is 2.23. The van der Waals surface area contributed by atoms with Crippen LogP contribution < -0.4 is 70.2 Å². The first-order valence-electron chi connectivity index (χ1n) is 33.3. The maximum atomic E-state index is 14.8. The Morgan fingerprint density at radius 3 is 1.76 bits per heavy atom.